The van der Waals surface area contributed by atoms with Crippen LogP contribution in [0.2, 0.25) is 0 Å². The van der Waals surface area contributed by atoms with E-state index in [4.69, 9.17) is 0 Å². The summed E-state index contributed by atoms with van der Waals surface area (Å²) in [6, 6.07) is 4.34. The molecule has 0 aliphatic carbocycles. The van der Waals surface area contributed by atoms with E-state index in [1.54, 1.807) is 24.0 Å². The summed E-state index contributed by atoms with van der Waals surface area (Å²) in [5.74, 6) is -0.162. The predicted molar refractivity (Wildman–Crippen MR) is 73.5 cm³/mol. The van der Waals surface area contributed by atoms with Gasteiger partial charge in [-0.15, -0.1) is 0 Å². The number of hydrogen-bond donors (Lipinski definition) is 1. The van der Waals surface area contributed by atoms with Crippen molar-refractivity contribution in [3.8, 4) is 0 Å². The first-order valence-corrected chi connectivity index (χ1v) is 6.63. The molecule has 1 heterocycles. The minimum absolute atomic E-state index is 0.118. The highest BCUT2D eigenvalue weighted by Crippen LogP contribution is 2.29. The second kappa shape index (κ2) is 5.58. The number of amides is 1. The lowest BCUT2D eigenvalue weighted by molar-refractivity contribution is -0.385. The van der Waals surface area contributed by atoms with Crippen molar-refractivity contribution in [2.24, 2.45) is 5.92 Å². The standard InChI is InChI=1S/C14H18N2O4/c1-9-6-7-15(12(9)8-17)14(18)13-10(2)4-3-5-11(13)16(19)20/h3-5,9,12,17H,6-8H2,1-2H3. The summed E-state index contributed by atoms with van der Waals surface area (Å²) >= 11 is 0. The van der Waals surface area contributed by atoms with Gasteiger partial charge in [0.25, 0.3) is 11.6 Å². The molecule has 1 N–H and O–H groups in total. The van der Waals surface area contributed by atoms with Crippen LogP contribution in [0.3, 0.4) is 0 Å². The predicted octanol–water partition coefficient (Wildman–Crippen LogP) is 1.75. The molecular formula is C14H18N2O4. The summed E-state index contributed by atoms with van der Waals surface area (Å²) in [5, 5.41) is 20.5. The molecule has 0 bridgehead atoms. The summed E-state index contributed by atoms with van der Waals surface area (Å²) < 4.78 is 0. The number of aryl methyl sites for hydroxylation is 1. The molecule has 1 amide bonds. The molecular weight excluding hydrogens is 260 g/mol. The van der Waals surface area contributed by atoms with Crippen LogP contribution in [0, 0.1) is 23.0 Å². The van der Waals surface area contributed by atoms with E-state index in [0.29, 0.717) is 12.1 Å². The van der Waals surface area contributed by atoms with Gasteiger partial charge in [-0.05, 0) is 24.8 Å². The molecule has 1 aromatic carbocycles. The number of hydrogen-bond acceptors (Lipinski definition) is 4. The number of nitrogens with zero attached hydrogens (tertiary/aromatic N) is 2. The van der Waals surface area contributed by atoms with E-state index in [1.807, 2.05) is 6.92 Å². The van der Waals surface area contributed by atoms with Crippen LogP contribution in [0.4, 0.5) is 5.69 Å². The average molecular weight is 278 g/mol. The highest BCUT2D eigenvalue weighted by atomic mass is 16.6. The summed E-state index contributed by atoms with van der Waals surface area (Å²) in [4.78, 5) is 24.7. The van der Waals surface area contributed by atoms with Crippen LogP contribution in [0.15, 0.2) is 18.2 Å². The van der Waals surface area contributed by atoms with Crippen molar-refractivity contribution >= 4 is 11.6 Å². The van der Waals surface area contributed by atoms with Crippen molar-refractivity contribution < 1.29 is 14.8 Å². The van der Waals surface area contributed by atoms with Crippen LogP contribution in [0.25, 0.3) is 0 Å². The fourth-order valence-electron chi connectivity index (χ4n) is 2.77. The molecule has 0 saturated carbocycles. The first-order valence-electron chi connectivity index (χ1n) is 6.63. The average Bonchev–Trinajstić information content (AvgIpc) is 2.78. The van der Waals surface area contributed by atoms with Gasteiger partial charge in [-0.1, -0.05) is 19.1 Å². The molecule has 1 fully saturated rings. The maximum absolute atomic E-state index is 12.6. The maximum atomic E-state index is 12.6. The third-order valence-electron chi connectivity index (χ3n) is 3.99. The summed E-state index contributed by atoms with van der Waals surface area (Å²) in [7, 11) is 0. The largest absolute Gasteiger partial charge is 0.394 e. The summed E-state index contributed by atoms with van der Waals surface area (Å²) in [6.45, 7) is 4.07. The van der Waals surface area contributed by atoms with Crippen LogP contribution in [0.5, 0.6) is 0 Å². The van der Waals surface area contributed by atoms with Gasteiger partial charge in [0, 0.05) is 12.6 Å². The zero-order valence-corrected chi connectivity index (χ0v) is 11.6. The fraction of sp³-hybridized carbons (Fsp3) is 0.500. The maximum Gasteiger partial charge on any atom is 0.282 e. The van der Waals surface area contributed by atoms with E-state index in [0.717, 1.165) is 6.42 Å². The number of nitro groups is 1. The fourth-order valence-corrected chi connectivity index (χ4v) is 2.77. The van der Waals surface area contributed by atoms with E-state index in [-0.39, 0.29) is 35.7 Å². The van der Waals surface area contributed by atoms with Crippen molar-refractivity contribution in [1.82, 2.24) is 4.90 Å². The van der Waals surface area contributed by atoms with E-state index < -0.39 is 4.92 Å². The second-order valence-electron chi connectivity index (χ2n) is 5.24. The Morgan fingerprint density at radius 1 is 1.55 bits per heavy atom. The van der Waals surface area contributed by atoms with Crippen LogP contribution in [-0.2, 0) is 0 Å². The zero-order valence-electron chi connectivity index (χ0n) is 11.6. The third kappa shape index (κ3) is 2.38. The smallest absolute Gasteiger partial charge is 0.282 e. The topological polar surface area (TPSA) is 83.7 Å². The number of aliphatic hydroxyl groups excluding tert-OH is 1. The quantitative estimate of drug-likeness (QED) is 0.674. The molecule has 1 aliphatic rings. The molecule has 0 radical (unpaired) electrons. The Kier molecular flexibility index (Phi) is 4.04. The van der Waals surface area contributed by atoms with Gasteiger partial charge in [-0.3, -0.25) is 14.9 Å². The van der Waals surface area contributed by atoms with Gasteiger partial charge in [-0.2, -0.15) is 0 Å². The number of rotatable bonds is 3. The van der Waals surface area contributed by atoms with Crippen molar-refractivity contribution in [2.45, 2.75) is 26.3 Å². The van der Waals surface area contributed by atoms with Crippen LogP contribution >= 0.6 is 0 Å². The normalized spacial score (nSPS) is 22.1. The van der Waals surface area contributed by atoms with Gasteiger partial charge in [0.2, 0.25) is 0 Å². The van der Waals surface area contributed by atoms with Gasteiger partial charge < -0.3 is 10.0 Å². The molecule has 0 aromatic heterocycles. The minimum atomic E-state index is -0.534. The Morgan fingerprint density at radius 2 is 2.25 bits per heavy atom. The lowest BCUT2D eigenvalue weighted by Crippen LogP contribution is -2.40. The first kappa shape index (κ1) is 14.5. The number of carbonyl (C=O) groups excluding carboxylic acids is 1. The number of benzene rings is 1. The molecule has 20 heavy (non-hydrogen) atoms. The minimum Gasteiger partial charge on any atom is -0.394 e. The Morgan fingerprint density at radius 3 is 2.85 bits per heavy atom. The molecule has 1 aliphatic heterocycles. The SMILES string of the molecule is Cc1cccc([N+](=O)[O-])c1C(=O)N1CCC(C)C1CO. The van der Waals surface area contributed by atoms with E-state index in [9.17, 15) is 20.0 Å². The van der Waals surface area contributed by atoms with E-state index in [2.05, 4.69) is 0 Å². The molecule has 2 unspecified atom stereocenters. The van der Waals surface area contributed by atoms with Gasteiger partial charge in [0.05, 0.1) is 17.6 Å². The molecule has 6 heteroatoms. The lowest BCUT2D eigenvalue weighted by atomic mass is 10.0. The van der Waals surface area contributed by atoms with Gasteiger partial charge in [-0.25, -0.2) is 0 Å². The van der Waals surface area contributed by atoms with Crippen molar-refractivity contribution in [1.29, 1.82) is 0 Å². The second-order valence-corrected chi connectivity index (χ2v) is 5.24. The Labute approximate surface area is 117 Å². The van der Waals surface area contributed by atoms with E-state index >= 15 is 0 Å². The molecule has 2 atom stereocenters. The molecule has 6 nitrogen and oxygen atoms in total. The number of likely N-dealkylation sites (tertiary alicyclic amines) is 1. The number of carbonyl (C=O) groups is 1. The Bertz CT molecular complexity index is 544. The highest BCUT2D eigenvalue weighted by molar-refractivity contribution is 6.00. The molecule has 0 spiro atoms. The number of aliphatic hydroxyl groups is 1. The third-order valence-corrected chi connectivity index (χ3v) is 3.99. The highest BCUT2D eigenvalue weighted by Gasteiger charge is 2.37. The van der Waals surface area contributed by atoms with Gasteiger partial charge >= 0.3 is 0 Å². The summed E-state index contributed by atoms with van der Waals surface area (Å²) in [5.41, 5.74) is 0.539. The van der Waals surface area contributed by atoms with Crippen molar-refractivity contribution in [3.63, 3.8) is 0 Å². The first-order chi connectivity index (χ1) is 9.47. The van der Waals surface area contributed by atoms with Crippen LogP contribution in [-0.4, -0.2) is 40.0 Å². The van der Waals surface area contributed by atoms with Gasteiger partial charge in [0.1, 0.15) is 5.56 Å². The summed E-state index contributed by atoms with van der Waals surface area (Å²) in [6.07, 6.45) is 0.802. The Balaban J connectivity index is 2.41. The zero-order chi connectivity index (χ0) is 14.9. The molecule has 2 rings (SSSR count). The van der Waals surface area contributed by atoms with Crippen LogP contribution < -0.4 is 0 Å². The van der Waals surface area contributed by atoms with Crippen LogP contribution in [0.1, 0.15) is 29.3 Å². The Hall–Kier alpha value is -1.95. The van der Waals surface area contributed by atoms with Gasteiger partial charge in [0.15, 0.2) is 0 Å². The molecule has 1 aromatic rings. The van der Waals surface area contributed by atoms with E-state index in [1.165, 1.54) is 6.07 Å². The van der Waals surface area contributed by atoms with Crippen molar-refractivity contribution in [3.05, 3.63) is 39.4 Å². The number of nitro benzene ring substituents is 1. The van der Waals surface area contributed by atoms with Crippen molar-refractivity contribution in [2.75, 3.05) is 13.2 Å². The lowest BCUT2D eigenvalue weighted by Gasteiger charge is -2.25. The molecule has 1 saturated heterocycles. The monoisotopic (exact) mass is 278 g/mol. The molecule has 108 valence electrons.